The third-order valence-electron chi connectivity index (χ3n) is 3.28. The van der Waals surface area contributed by atoms with Crippen molar-refractivity contribution >= 4 is 22.6 Å². The second kappa shape index (κ2) is 5.63. The lowest BCUT2D eigenvalue weighted by Crippen LogP contribution is -2.11. The van der Waals surface area contributed by atoms with E-state index in [1.165, 1.54) is 9.13 Å². The number of aliphatic hydroxyl groups excluding tert-OH is 1. The molecule has 1 atom stereocenters. The average Bonchev–Trinajstić information content (AvgIpc) is 2.38. The van der Waals surface area contributed by atoms with Crippen molar-refractivity contribution in [3.8, 4) is 0 Å². The Morgan fingerprint density at radius 1 is 0.842 bits per heavy atom. The number of hydrogen-bond acceptors (Lipinski definition) is 1. The first-order chi connectivity index (χ1) is 8.88. The van der Waals surface area contributed by atoms with E-state index in [4.69, 9.17) is 0 Å². The summed E-state index contributed by atoms with van der Waals surface area (Å²) >= 11 is 2.27. The highest BCUT2D eigenvalue weighted by Gasteiger charge is 2.15. The molecule has 100 valence electrons. The van der Waals surface area contributed by atoms with Crippen LogP contribution >= 0.6 is 22.6 Å². The van der Waals surface area contributed by atoms with Gasteiger partial charge < -0.3 is 5.11 Å². The first kappa shape index (κ1) is 14.5. The molecule has 0 aliphatic heterocycles. The van der Waals surface area contributed by atoms with E-state index in [1.807, 2.05) is 36.4 Å². The molecule has 1 N–H and O–H groups in total. The fourth-order valence-electron chi connectivity index (χ4n) is 2.00. The maximum absolute atomic E-state index is 10.4. The van der Waals surface area contributed by atoms with Gasteiger partial charge >= 0.3 is 0 Å². The minimum absolute atomic E-state index is 0.145. The summed E-state index contributed by atoms with van der Waals surface area (Å²) in [5.41, 5.74) is 3.30. The smallest absolute Gasteiger partial charge is 0.104 e. The highest BCUT2D eigenvalue weighted by molar-refractivity contribution is 14.1. The second-order valence-electron chi connectivity index (χ2n) is 5.83. The molecule has 0 saturated heterocycles. The average molecular weight is 366 g/mol. The predicted octanol–water partition coefficient (Wildman–Crippen LogP) is 4.67. The van der Waals surface area contributed by atoms with Crippen molar-refractivity contribution in [2.75, 3.05) is 0 Å². The Balaban J connectivity index is 2.25. The Morgan fingerprint density at radius 2 is 1.26 bits per heavy atom. The number of halogens is 1. The van der Waals surface area contributed by atoms with Gasteiger partial charge in [0.15, 0.2) is 0 Å². The van der Waals surface area contributed by atoms with E-state index in [2.05, 4.69) is 55.5 Å². The fraction of sp³-hybridized carbons (Fsp3) is 0.294. The van der Waals surface area contributed by atoms with Crippen LogP contribution in [-0.2, 0) is 5.41 Å². The molecule has 0 bridgehead atoms. The van der Waals surface area contributed by atoms with Crippen LogP contribution in [0, 0.1) is 3.57 Å². The Labute approximate surface area is 128 Å². The molecule has 0 amide bonds. The lowest BCUT2D eigenvalue weighted by Gasteiger charge is -2.20. The Morgan fingerprint density at radius 3 is 1.68 bits per heavy atom. The molecule has 2 rings (SSSR count). The molecular formula is C17H19IO. The van der Waals surface area contributed by atoms with Gasteiger partial charge in [0, 0.05) is 3.57 Å². The molecule has 0 aliphatic rings. The van der Waals surface area contributed by atoms with Gasteiger partial charge in [0.25, 0.3) is 0 Å². The summed E-state index contributed by atoms with van der Waals surface area (Å²) in [6.45, 7) is 6.58. The molecule has 0 heterocycles. The molecule has 0 saturated carbocycles. The van der Waals surface area contributed by atoms with Crippen LogP contribution in [0.4, 0.5) is 0 Å². The number of rotatable bonds is 2. The number of aliphatic hydroxyl groups is 1. The largest absolute Gasteiger partial charge is 0.384 e. The van der Waals surface area contributed by atoms with Gasteiger partial charge in [-0.1, -0.05) is 57.2 Å². The van der Waals surface area contributed by atoms with Gasteiger partial charge in [0.2, 0.25) is 0 Å². The summed E-state index contributed by atoms with van der Waals surface area (Å²) in [7, 11) is 0. The van der Waals surface area contributed by atoms with Crippen LogP contribution in [-0.4, -0.2) is 5.11 Å². The standard InChI is InChI=1S/C17H19IO/c1-17(2,3)14-8-4-12(5-9-14)16(19)13-6-10-15(18)11-7-13/h4-11,16,19H,1-3H3. The van der Waals surface area contributed by atoms with E-state index < -0.39 is 6.10 Å². The summed E-state index contributed by atoms with van der Waals surface area (Å²) in [4.78, 5) is 0. The van der Waals surface area contributed by atoms with Crippen molar-refractivity contribution in [2.24, 2.45) is 0 Å². The molecule has 1 nitrogen and oxygen atoms in total. The zero-order valence-corrected chi connectivity index (χ0v) is 13.7. The zero-order valence-electron chi connectivity index (χ0n) is 11.5. The van der Waals surface area contributed by atoms with Crippen LogP contribution in [0.1, 0.15) is 43.6 Å². The van der Waals surface area contributed by atoms with Crippen LogP contribution < -0.4 is 0 Å². The Kier molecular flexibility index (Phi) is 4.31. The summed E-state index contributed by atoms with van der Waals surface area (Å²) in [5, 5.41) is 10.4. The van der Waals surface area contributed by atoms with E-state index in [-0.39, 0.29) is 5.41 Å². The topological polar surface area (TPSA) is 20.2 Å². The van der Waals surface area contributed by atoms with Gasteiger partial charge in [-0.05, 0) is 56.8 Å². The third-order valence-corrected chi connectivity index (χ3v) is 4.00. The number of benzene rings is 2. The van der Waals surface area contributed by atoms with E-state index >= 15 is 0 Å². The molecule has 0 aliphatic carbocycles. The highest BCUT2D eigenvalue weighted by atomic mass is 127. The molecule has 0 aromatic heterocycles. The molecule has 2 aromatic carbocycles. The van der Waals surface area contributed by atoms with Crippen molar-refractivity contribution in [3.63, 3.8) is 0 Å². The molecular weight excluding hydrogens is 347 g/mol. The minimum Gasteiger partial charge on any atom is -0.384 e. The van der Waals surface area contributed by atoms with Crippen LogP contribution in [0.25, 0.3) is 0 Å². The van der Waals surface area contributed by atoms with Crippen molar-refractivity contribution < 1.29 is 5.11 Å². The summed E-state index contributed by atoms with van der Waals surface area (Å²) in [5.74, 6) is 0. The molecule has 0 fully saturated rings. The second-order valence-corrected chi connectivity index (χ2v) is 7.07. The molecule has 2 aromatic rings. The van der Waals surface area contributed by atoms with Crippen LogP contribution in [0.2, 0.25) is 0 Å². The predicted molar refractivity (Wildman–Crippen MR) is 88.4 cm³/mol. The SMILES string of the molecule is CC(C)(C)c1ccc(C(O)c2ccc(I)cc2)cc1. The van der Waals surface area contributed by atoms with Crippen molar-refractivity contribution in [3.05, 3.63) is 68.8 Å². The monoisotopic (exact) mass is 366 g/mol. The fourth-order valence-corrected chi connectivity index (χ4v) is 2.36. The summed E-state index contributed by atoms with van der Waals surface area (Å²) in [6.07, 6.45) is -0.550. The van der Waals surface area contributed by atoms with Gasteiger partial charge in [-0.2, -0.15) is 0 Å². The van der Waals surface area contributed by atoms with E-state index in [0.29, 0.717) is 0 Å². The first-order valence-electron chi connectivity index (χ1n) is 6.42. The summed E-state index contributed by atoms with van der Waals surface area (Å²) in [6, 6.07) is 16.2. The molecule has 0 radical (unpaired) electrons. The maximum atomic E-state index is 10.4. The molecule has 2 heteroatoms. The van der Waals surface area contributed by atoms with Crippen LogP contribution in [0.15, 0.2) is 48.5 Å². The molecule has 0 spiro atoms. The number of hydrogen-bond donors (Lipinski definition) is 1. The van der Waals surface area contributed by atoms with Crippen molar-refractivity contribution in [1.29, 1.82) is 0 Å². The van der Waals surface area contributed by atoms with Crippen molar-refractivity contribution in [1.82, 2.24) is 0 Å². The first-order valence-corrected chi connectivity index (χ1v) is 7.50. The van der Waals surface area contributed by atoms with E-state index in [1.54, 1.807) is 0 Å². The minimum atomic E-state index is -0.550. The third kappa shape index (κ3) is 3.57. The van der Waals surface area contributed by atoms with Crippen molar-refractivity contribution in [2.45, 2.75) is 32.3 Å². The molecule has 1 unspecified atom stereocenters. The van der Waals surface area contributed by atoms with Gasteiger partial charge in [-0.3, -0.25) is 0 Å². The van der Waals surface area contributed by atoms with E-state index in [0.717, 1.165) is 11.1 Å². The van der Waals surface area contributed by atoms with Gasteiger partial charge in [-0.25, -0.2) is 0 Å². The maximum Gasteiger partial charge on any atom is 0.104 e. The quantitative estimate of drug-likeness (QED) is 0.766. The lowest BCUT2D eigenvalue weighted by molar-refractivity contribution is 0.220. The van der Waals surface area contributed by atoms with E-state index in [9.17, 15) is 5.11 Å². The van der Waals surface area contributed by atoms with Gasteiger partial charge in [0.1, 0.15) is 6.10 Å². The Hall–Kier alpha value is -0.870. The summed E-state index contributed by atoms with van der Waals surface area (Å²) < 4.78 is 1.18. The normalized spacial score (nSPS) is 13.3. The molecule has 19 heavy (non-hydrogen) atoms. The van der Waals surface area contributed by atoms with Crippen LogP contribution in [0.5, 0.6) is 0 Å². The highest BCUT2D eigenvalue weighted by Crippen LogP contribution is 2.26. The Bertz CT molecular complexity index is 535. The van der Waals surface area contributed by atoms with Crippen LogP contribution in [0.3, 0.4) is 0 Å². The lowest BCUT2D eigenvalue weighted by atomic mass is 9.86. The van der Waals surface area contributed by atoms with Gasteiger partial charge in [0.05, 0.1) is 0 Å². The zero-order chi connectivity index (χ0) is 14.0. The van der Waals surface area contributed by atoms with Gasteiger partial charge in [-0.15, -0.1) is 0 Å².